The van der Waals surface area contributed by atoms with Crippen molar-refractivity contribution in [3.05, 3.63) is 51.6 Å². The zero-order chi connectivity index (χ0) is 21.0. The van der Waals surface area contributed by atoms with Crippen molar-refractivity contribution in [2.45, 2.75) is 31.5 Å². The smallest absolute Gasteiger partial charge is 0.339 e. The number of fused-ring (bicyclic) bond motifs is 1. The van der Waals surface area contributed by atoms with E-state index in [1.54, 1.807) is 34.9 Å². The highest BCUT2D eigenvalue weighted by atomic mass is 32.2. The molecule has 29 heavy (non-hydrogen) atoms. The fourth-order valence-electron chi connectivity index (χ4n) is 2.77. The molecule has 1 amide bonds. The Morgan fingerprint density at radius 3 is 2.79 bits per heavy atom. The third-order valence-corrected chi connectivity index (χ3v) is 6.29. The molecule has 2 heterocycles. The van der Waals surface area contributed by atoms with Gasteiger partial charge in [-0.05, 0) is 36.9 Å². The number of benzene rings is 1. The molecule has 152 valence electrons. The van der Waals surface area contributed by atoms with Crippen LogP contribution in [0.3, 0.4) is 0 Å². The molecule has 0 aliphatic rings. The van der Waals surface area contributed by atoms with Gasteiger partial charge in [-0.15, -0.1) is 11.3 Å². The number of para-hydroxylation sites is 1. The number of anilines is 1. The van der Waals surface area contributed by atoms with Crippen LogP contribution in [0.5, 0.6) is 0 Å². The predicted octanol–water partition coefficient (Wildman–Crippen LogP) is 3.95. The Bertz CT molecular complexity index is 1110. The minimum Gasteiger partial charge on any atom is -0.465 e. The molecule has 7 nitrogen and oxygen atoms in total. The first-order valence-electron chi connectivity index (χ1n) is 9.06. The second-order valence-electron chi connectivity index (χ2n) is 6.34. The minimum absolute atomic E-state index is 0.0351. The first kappa shape index (κ1) is 21.1. The Hall–Kier alpha value is -2.65. The number of esters is 1. The third kappa shape index (κ3) is 4.51. The molecule has 3 aromatic rings. The quantitative estimate of drug-likeness (QED) is 0.346. The molecule has 1 aromatic carbocycles. The fourth-order valence-corrected chi connectivity index (χ4v) is 4.44. The Kier molecular flexibility index (Phi) is 6.71. The van der Waals surface area contributed by atoms with Crippen molar-refractivity contribution in [3.8, 4) is 0 Å². The molecule has 0 aliphatic carbocycles. The summed E-state index contributed by atoms with van der Waals surface area (Å²) >= 11 is 2.57. The van der Waals surface area contributed by atoms with Crippen LogP contribution < -0.4 is 10.9 Å². The molecule has 2 aromatic heterocycles. The molecule has 0 unspecified atom stereocenters. The Labute approximate surface area is 176 Å². The van der Waals surface area contributed by atoms with Crippen LogP contribution >= 0.6 is 23.1 Å². The number of rotatable bonds is 7. The molecular formula is C20H21N3O4S2. The normalized spacial score (nSPS) is 12.0. The van der Waals surface area contributed by atoms with Crippen molar-refractivity contribution < 1.29 is 14.3 Å². The van der Waals surface area contributed by atoms with Crippen LogP contribution in [0.15, 0.2) is 45.7 Å². The number of thioether (sulfide) groups is 1. The summed E-state index contributed by atoms with van der Waals surface area (Å²) < 4.78 is 7.01. The number of aromatic nitrogens is 2. The third-order valence-electron chi connectivity index (χ3n) is 4.45. The molecule has 1 atom stereocenters. The highest BCUT2D eigenvalue weighted by Crippen LogP contribution is 2.25. The van der Waals surface area contributed by atoms with E-state index in [4.69, 9.17) is 4.74 Å². The molecular weight excluding hydrogens is 410 g/mol. The second-order valence-corrected chi connectivity index (χ2v) is 8.19. The highest BCUT2D eigenvalue weighted by molar-refractivity contribution is 7.99. The SMILES string of the molecule is CC[C@@H](C)n1c(SCC(=O)Nc2ccccc2C(=O)OC)nc2ccsc2c1=O. The van der Waals surface area contributed by atoms with Gasteiger partial charge in [0, 0.05) is 6.04 Å². The van der Waals surface area contributed by atoms with Crippen LogP contribution in [0, 0.1) is 0 Å². The van der Waals surface area contributed by atoms with E-state index < -0.39 is 5.97 Å². The summed E-state index contributed by atoms with van der Waals surface area (Å²) in [6, 6.07) is 8.41. The number of carbonyl (C=O) groups excluding carboxylic acids is 2. The van der Waals surface area contributed by atoms with Crippen LogP contribution in [-0.4, -0.2) is 34.3 Å². The summed E-state index contributed by atoms with van der Waals surface area (Å²) in [5, 5.41) is 5.08. The number of hydrogen-bond donors (Lipinski definition) is 1. The minimum atomic E-state index is -0.524. The number of carbonyl (C=O) groups is 2. The lowest BCUT2D eigenvalue weighted by molar-refractivity contribution is -0.113. The van der Waals surface area contributed by atoms with Crippen molar-refractivity contribution in [2.24, 2.45) is 0 Å². The van der Waals surface area contributed by atoms with Crippen molar-refractivity contribution in [1.82, 2.24) is 9.55 Å². The average molecular weight is 432 g/mol. The number of methoxy groups -OCH3 is 1. The topological polar surface area (TPSA) is 90.3 Å². The maximum absolute atomic E-state index is 12.9. The number of nitrogens with zero attached hydrogens (tertiary/aromatic N) is 2. The van der Waals surface area contributed by atoms with Crippen molar-refractivity contribution >= 4 is 50.9 Å². The molecule has 0 fully saturated rings. The van der Waals surface area contributed by atoms with E-state index in [2.05, 4.69) is 10.3 Å². The molecule has 0 bridgehead atoms. The van der Waals surface area contributed by atoms with Crippen LogP contribution in [0.25, 0.3) is 10.2 Å². The molecule has 9 heteroatoms. The van der Waals surface area contributed by atoms with Crippen LogP contribution in [0.2, 0.25) is 0 Å². The van der Waals surface area contributed by atoms with Crippen molar-refractivity contribution in [1.29, 1.82) is 0 Å². The van der Waals surface area contributed by atoms with Crippen LogP contribution in [-0.2, 0) is 9.53 Å². The summed E-state index contributed by atoms with van der Waals surface area (Å²) in [7, 11) is 1.29. The maximum Gasteiger partial charge on any atom is 0.339 e. The number of hydrogen-bond acceptors (Lipinski definition) is 7. The number of nitrogens with one attached hydrogen (secondary N) is 1. The van der Waals surface area contributed by atoms with E-state index in [-0.39, 0.29) is 28.8 Å². The zero-order valence-electron chi connectivity index (χ0n) is 16.3. The summed E-state index contributed by atoms with van der Waals surface area (Å²) in [5.41, 5.74) is 1.21. The van der Waals surface area contributed by atoms with E-state index in [0.29, 0.717) is 21.1 Å². The highest BCUT2D eigenvalue weighted by Gasteiger charge is 2.18. The van der Waals surface area contributed by atoms with Gasteiger partial charge < -0.3 is 10.1 Å². The summed E-state index contributed by atoms with van der Waals surface area (Å²) in [5.74, 6) is -0.779. The Morgan fingerprint density at radius 1 is 1.31 bits per heavy atom. The number of amides is 1. The molecule has 0 saturated carbocycles. The zero-order valence-corrected chi connectivity index (χ0v) is 17.9. The first-order chi connectivity index (χ1) is 14.0. The van der Waals surface area contributed by atoms with Gasteiger partial charge in [0.15, 0.2) is 5.16 Å². The van der Waals surface area contributed by atoms with Gasteiger partial charge in [0.25, 0.3) is 5.56 Å². The second kappa shape index (κ2) is 9.23. The molecule has 3 rings (SSSR count). The van der Waals surface area contributed by atoms with E-state index in [1.807, 2.05) is 19.2 Å². The van der Waals surface area contributed by atoms with Crippen molar-refractivity contribution in [3.63, 3.8) is 0 Å². The largest absolute Gasteiger partial charge is 0.465 e. The molecule has 1 N–H and O–H groups in total. The lowest BCUT2D eigenvalue weighted by atomic mass is 10.2. The number of thiophene rings is 1. The summed E-state index contributed by atoms with van der Waals surface area (Å²) in [6.45, 7) is 3.96. The van der Waals surface area contributed by atoms with E-state index in [9.17, 15) is 14.4 Å². The van der Waals surface area contributed by atoms with E-state index in [1.165, 1.54) is 30.2 Å². The van der Waals surface area contributed by atoms with Gasteiger partial charge in [-0.2, -0.15) is 0 Å². The van der Waals surface area contributed by atoms with Gasteiger partial charge in [-0.25, -0.2) is 9.78 Å². The van der Waals surface area contributed by atoms with Crippen LogP contribution in [0.4, 0.5) is 5.69 Å². The van der Waals surface area contributed by atoms with Crippen LogP contribution in [0.1, 0.15) is 36.7 Å². The monoisotopic (exact) mass is 431 g/mol. The molecule has 0 aliphatic heterocycles. The Balaban J connectivity index is 1.81. The fraction of sp³-hybridized carbons (Fsp3) is 0.300. The van der Waals surface area contributed by atoms with Gasteiger partial charge >= 0.3 is 5.97 Å². The van der Waals surface area contributed by atoms with Gasteiger partial charge in [0.05, 0.1) is 29.6 Å². The first-order valence-corrected chi connectivity index (χ1v) is 10.9. The van der Waals surface area contributed by atoms with Gasteiger partial charge in [-0.1, -0.05) is 30.8 Å². The summed E-state index contributed by atoms with van der Waals surface area (Å²) in [6.07, 6.45) is 0.769. The molecule has 0 saturated heterocycles. The molecule has 0 radical (unpaired) electrons. The Morgan fingerprint density at radius 2 is 2.07 bits per heavy atom. The standard InChI is InChI=1S/C20H21N3O4S2/c1-4-12(2)23-18(25)17-15(9-10-28-17)22-20(23)29-11-16(24)21-14-8-6-5-7-13(14)19(26)27-3/h5-10,12H,4,11H2,1-3H3,(H,21,24)/t12-/m1/s1. The lowest BCUT2D eigenvalue weighted by Gasteiger charge is -2.17. The predicted molar refractivity (Wildman–Crippen MR) is 116 cm³/mol. The van der Waals surface area contributed by atoms with E-state index in [0.717, 1.165) is 6.42 Å². The summed E-state index contributed by atoms with van der Waals surface area (Å²) in [4.78, 5) is 41.8. The number of ether oxygens (including phenoxy) is 1. The van der Waals surface area contributed by atoms with Gasteiger partial charge in [0.1, 0.15) is 4.70 Å². The molecule has 0 spiro atoms. The maximum atomic E-state index is 12.9. The van der Waals surface area contributed by atoms with E-state index >= 15 is 0 Å². The van der Waals surface area contributed by atoms with Crippen molar-refractivity contribution in [2.75, 3.05) is 18.2 Å². The van der Waals surface area contributed by atoms with Gasteiger partial charge in [-0.3, -0.25) is 14.2 Å². The average Bonchev–Trinajstić information content (AvgIpc) is 3.20. The lowest BCUT2D eigenvalue weighted by Crippen LogP contribution is -2.26. The van der Waals surface area contributed by atoms with Gasteiger partial charge in [0.2, 0.25) is 5.91 Å².